The first-order valence-electron chi connectivity index (χ1n) is 11.0. The maximum atomic E-state index is 12.7. The van der Waals surface area contributed by atoms with Gasteiger partial charge < -0.3 is 19.5 Å². The van der Waals surface area contributed by atoms with Crippen molar-refractivity contribution in [1.29, 1.82) is 0 Å². The van der Waals surface area contributed by atoms with Crippen LogP contribution >= 0.6 is 12.2 Å². The van der Waals surface area contributed by atoms with Gasteiger partial charge in [-0.25, -0.2) is 0 Å². The zero-order valence-corrected chi connectivity index (χ0v) is 20.1. The summed E-state index contributed by atoms with van der Waals surface area (Å²) in [5.74, 6) is 1.01. The fourth-order valence-electron chi connectivity index (χ4n) is 3.00. The summed E-state index contributed by atoms with van der Waals surface area (Å²) in [5, 5.41) is 3.34. The normalized spacial score (nSPS) is 10.2. The molecule has 0 unspecified atom stereocenters. The molecule has 8 heteroatoms. The minimum Gasteiger partial charge on any atom is -0.490 e. The highest BCUT2D eigenvalue weighted by atomic mass is 32.1. The van der Waals surface area contributed by atoms with Gasteiger partial charge >= 0.3 is 0 Å². The van der Waals surface area contributed by atoms with E-state index in [9.17, 15) is 4.79 Å². The van der Waals surface area contributed by atoms with Crippen LogP contribution in [0.4, 0.5) is 5.69 Å². The molecule has 32 heavy (non-hydrogen) atoms. The van der Waals surface area contributed by atoms with Crippen molar-refractivity contribution in [1.82, 2.24) is 10.9 Å². The van der Waals surface area contributed by atoms with Crippen molar-refractivity contribution in [3.8, 4) is 17.2 Å². The summed E-state index contributed by atoms with van der Waals surface area (Å²) in [6.07, 6.45) is 3.39. The van der Waals surface area contributed by atoms with Gasteiger partial charge in [0.05, 0.1) is 19.8 Å². The topological polar surface area (TPSA) is 80.9 Å². The van der Waals surface area contributed by atoms with Gasteiger partial charge in [-0.1, -0.05) is 25.5 Å². The Kier molecular flexibility index (Phi) is 10.6. The van der Waals surface area contributed by atoms with Crippen molar-refractivity contribution in [3.05, 3.63) is 47.5 Å². The summed E-state index contributed by atoms with van der Waals surface area (Å²) in [6.45, 7) is 9.10. The molecular weight excluding hydrogens is 426 g/mol. The van der Waals surface area contributed by atoms with Crippen LogP contribution in [0.15, 0.2) is 36.4 Å². The van der Waals surface area contributed by atoms with E-state index in [2.05, 4.69) is 35.2 Å². The molecule has 0 aliphatic heterocycles. The summed E-state index contributed by atoms with van der Waals surface area (Å²) in [7, 11) is 0. The number of rotatable bonds is 11. The molecule has 0 aliphatic rings. The molecule has 7 nitrogen and oxygen atoms in total. The van der Waals surface area contributed by atoms with Crippen LogP contribution in [0.25, 0.3) is 0 Å². The number of hydrazine groups is 1. The van der Waals surface area contributed by atoms with Gasteiger partial charge in [0.25, 0.3) is 5.91 Å². The molecule has 2 aromatic rings. The molecule has 174 valence electrons. The molecule has 1 amide bonds. The monoisotopic (exact) mass is 459 g/mol. The Morgan fingerprint density at radius 2 is 1.47 bits per heavy atom. The van der Waals surface area contributed by atoms with Crippen molar-refractivity contribution in [2.75, 3.05) is 25.1 Å². The molecule has 0 radical (unpaired) electrons. The largest absolute Gasteiger partial charge is 0.490 e. The number of anilines is 1. The van der Waals surface area contributed by atoms with E-state index in [0.717, 1.165) is 12.1 Å². The van der Waals surface area contributed by atoms with E-state index in [1.165, 1.54) is 18.4 Å². The summed E-state index contributed by atoms with van der Waals surface area (Å²) < 4.78 is 17.0. The second-order valence-electron chi connectivity index (χ2n) is 6.93. The summed E-state index contributed by atoms with van der Waals surface area (Å²) in [4.78, 5) is 12.7. The highest BCUT2D eigenvalue weighted by molar-refractivity contribution is 7.80. The van der Waals surface area contributed by atoms with Gasteiger partial charge in [0.15, 0.2) is 16.6 Å². The Hall–Kier alpha value is -3.00. The molecule has 0 atom stereocenters. The van der Waals surface area contributed by atoms with Crippen molar-refractivity contribution in [3.63, 3.8) is 0 Å². The first-order chi connectivity index (χ1) is 15.5. The zero-order chi connectivity index (χ0) is 23.3. The number of thiocarbonyl (C=S) groups is 1. The molecule has 0 bridgehead atoms. The van der Waals surface area contributed by atoms with Gasteiger partial charge in [-0.05, 0) is 75.7 Å². The molecule has 0 heterocycles. The van der Waals surface area contributed by atoms with Crippen LogP contribution in [0.1, 0.15) is 56.5 Å². The van der Waals surface area contributed by atoms with Crippen molar-refractivity contribution in [2.24, 2.45) is 0 Å². The standard InChI is InChI=1S/C24H33N3O4S/c1-5-9-10-17-11-13-19(14-12-17)25-24(32)27-26-23(28)18-15-20(29-6-2)22(31-8-4)21(16-18)30-7-3/h11-16H,5-10H2,1-4H3,(H,26,28)(H2,25,27,32). The minimum absolute atomic E-state index is 0.278. The lowest BCUT2D eigenvalue weighted by molar-refractivity contribution is 0.0943. The first-order valence-corrected chi connectivity index (χ1v) is 11.5. The smallest absolute Gasteiger partial charge is 0.269 e. The molecule has 0 spiro atoms. The van der Waals surface area contributed by atoms with Crippen LogP contribution in [0, 0.1) is 0 Å². The Morgan fingerprint density at radius 1 is 0.875 bits per heavy atom. The first kappa shape index (κ1) is 25.3. The van der Waals surface area contributed by atoms with E-state index in [4.69, 9.17) is 26.4 Å². The number of unbranched alkanes of at least 4 members (excludes halogenated alkanes) is 1. The Balaban J connectivity index is 2.02. The van der Waals surface area contributed by atoms with E-state index >= 15 is 0 Å². The number of nitrogens with one attached hydrogen (secondary N) is 3. The van der Waals surface area contributed by atoms with E-state index in [-0.39, 0.29) is 11.0 Å². The number of carbonyl (C=O) groups is 1. The van der Waals surface area contributed by atoms with Crippen molar-refractivity contribution < 1.29 is 19.0 Å². The van der Waals surface area contributed by atoms with Gasteiger partial charge in [0.2, 0.25) is 5.75 Å². The molecule has 2 rings (SSSR count). The minimum atomic E-state index is -0.381. The fraction of sp³-hybridized carbons (Fsp3) is 0.417. The van der Waals surface area contributed by atoms with Crippen LogP contribution in [0.5, 0.6) is 17.2 Å². The second kappa shape index (κ2) is 13.4. The van der Waals surface area contributed by atoms with E-state index in [1.807, 2.05) is 32.9 Å². The SMILES string of the molecule is CCCCc1ccc(NC(=S)NNC(=O)c2cc(OCC)c(OCC)c(OCC)c2)cc1. The predicted molar refractivity (Wildman–Crippen MR) is 132 cm³/mol. The number of amides is 1. The van der Waals surface area contributed by atoms with Crippen LogP contribution < -0.4 is 30.4 Å². The average Bonchev–Trinajstić information content (AvgIpc) is 2.79. The summed E-state index contributed by atoms with van der Waals surface area (Å²) >= 11 is 5.29. The molecule has 2 aromatic carbocycles. The third-order valence-corrected chi connectivity index (χ3v) is 4.70. The molecule has 0 saturated heterocycles. The van der Waals surface area contributed by atoms with Crippen molar-refractivity contribution in [2.45, 2.75) is 47.0 Å². The molecule has 0 saturated carbocycles. The number of hydrogen-bond donors (Lipinski definition) is 3. The average molecular weight is 460 g/mol. The van der Waals surface area contributed by atoms with Crippen LogP contribution in [0.3, 0.4) is 0 Å². The fourth-order valence-corrected chi connectivity index (χ4v) is 3.17. The van der Waals surface area contributed by atoms with E-state index < -0.39 is 0 Å². The van der Waals surface area contributed by atoms with Crippen LogP contribution in [0.2, 0.25) is 0 Å². The zero-order valence-electron chi connectivity index (χ0n) is 19.2. The quantitative estimate of drug-likeness (QED) is 0.327. The number of carbonyl (C=O) groups excluding carboxylic acids is 1. The third kappa shape index (κ3) is 7.60. The van der Waals surface area contributed by atoms with Gasteiger partial charge in [-0.2, -0.15) is 0 Å². The van der Waals surface area contributed by atoms with Crippen LogP contribution in [-0.2, 0) is 6.42 Å². The Labute approximate surface area is 195 Å². The molecule has 0 fully saturated rings. The summed E-state index contributed by atoms with van der Waals surface area (Å²) in [6, 6.07) is 11.3. The van der Waals surface area contributed by atoms with Gasteiger partial charge in [-0.15, -0.1) is 0 Å². The Bertz CT molecular complexity index is 860. The third-order valence-electron chi connectivity index (χ3n) is 4.49. The number of hydrogen-bond acceptors (Lipinski definition) is 5. The molecule has 3 N–H and O–H groups in total. The Morgan fingerprint density at radius 3 is 2.00 bits per heavy atom. The van der Waals surface area contributed by atoms with E-state index in [1.54, 1.807) is 12.1 Å². The number of aryl methyl sites for hydroxylation is 1. The van der Waals surface area contributed by atoms with Crippen LogP contribution in [-0.4, -0.2) is 30.8 Å². The highest BCUT2D eigenvalue weighted by Crippen LogP contribution is 2.39. The second-order valence-corrected chi connectivity index (χ2v) is 7.34. The van der Waals surface area contributed by atoms with Gasteiger partial charge in [0.1, 0.15) is 0 Å². The molecule has 0 aliphatic carbocycles. The van der Waals surface area contributed by atoms with Gasteiger partial charge in [0, 0.05) is 11.3 Å². The lowest BCUT2D eigenvalue weighted by Gasteiger charge is -2.17. The molecule has 0 aromatic heterocycles. The maximum absolute atomic E-state index is 12.7. The lowest BCUT2D eigenvalue weighted by atomic mass is 10.1. The van der Waals surface area contributed by atoms with E-state index in [0.29, 0.717) is 42.6 Å². The number of benzene rings is 2. The lowest BCUT2D eigenvalue weighted by Crippen LogP contribution is -2.43. The van der Waals surface area contributed by atoms with Gasteiger partial charge in [-0.3, -0.25) is 15.6 Å². The highest BCUT2D eigenvalue weighted by Gasteiger charge is 2.18. The predicted octanol–water partition coefficient (Wildman–Crippen LogP) is 4.86. The van der Waals surface area contributed by atoms with Crippen molar-refractivity contribution >= 4 is 28.9 Å². The summed E-state index contributed by atoms with van der Waals surface area (Å²) in [5.41, 5.74) is 7.82. The maximum Gasteiger partial charge on any atom is 0.269 e. The number of ether oxygens (including phenoxy) is 3. The molecular formula is C24H33N3O4S.